The molecular formula is C13H15F4N3O. The van der Waals surface area contributed by atoms with E-state index >= 15 is 0 Å². The van der Waals surface area contributed by atoms with E-state index in [2.05, 4.69) is 5.32 Å². The topological polar surface area (TPSA) is 44.4 Å². The number of anilines is 1. The van der Waals surface area contributed by atoms with Crippen LogP contribution in [0.4, 0.5) is 28.0 Å². The molecule has 8 heteroatoms. The third-order valence-electron chi connectivity index (χ3n) is 2.39. The number of carbonyl (C=O) groups excluding carboxylic acids is 1. The number of benzene rings is 1. The average Bonchev–Trinajstić information content (AvgIpc) is 2.31. The van der Waals surface area contributed by atoms with Gasteiger partial charge in [-0.2, -0.15) is 13.2 Å². The Balaban J connectivity index is 2.86. The van der Waals surface area contributed by atoms with Crippen LogP contribution in [-0.4, -0.2) is 31.2 Å². The van der Waals surface area contributed by atoms with Crippen LogP contribution in [0, 0.1) is 12.7 Å². The molecule has 0 radical (unpaired) electrons. The zero-order valence-electron chi connectivity index (χ0n) is 11.7. The van der Waals surface area contributed by atoms with Gasteiger partial charge in [0, 0.05) is 26.0 Å². The number of rotatable bonds is 3. The molecule has 0 aliphatic heterocycles. The highest BCUT2D eigenvalue weighted by atomic mass is 19.4. The summed E-state index contributed by atoms with van der Waals surface area (Å²) >= 11 is 0. The molecule has 2 N–H and O–H groups in total. The summed E-state index contributed by atoms with van der Waals surface area (Å²) in [5, 5.41) is 3.88. The number of nitrogens with zero attached hydrogens (tertiary/aromatic N) is 1. The lowest BCUT2D eigenvalue weighted by atomic mass is 10.2. The van der Waals surface area contributed by atoms with Crippen LogP contribution in [0.1, 0.15) is 5.56 Å². The highest BCUT2D eigenvalue weighted by molar-refractivity contribution is 5.91. The predicted octanol–water partition coefficient (Wildman–Crippen LogP) is 3.22. The minimum atomic E-state index is -4.71. The molecule has 0 atom stereocenters. The normalized spacial score (nSPS) is 12.0. The number of carbonyl (C=O) groups is 1. The maximum Gasteiger partial charge on any atom is 0.432 e. The summed E-state index contributed by atoms with van der Waals surface area (Å²) in [6.45, 7) is 1.59. The van der Waals surface area contributed by atoms with Crippen LogP contribution in [-0.2, 0) is 0 Å². The molecular weight excluding hydrogens is 290 g/mol. The van der Waals surface area contributed by atoms with Crippen molar-refractivity contribution in [2.45, 2.75) is 13.1 Å². The van der Waals surface area contributed by atoms with E-state index in [1.165, 1.54) is 26.2 Å². The van der Waals surface area contributed by atoms with Gasteiger partial charge in [0.1, 0.15) is 11.5 Å². The number of alkyl halides is 3. The van der Waals surface area contributed by atoms with E-state index in [4.69, 9.17) is 0 Å². The summed E-state index contributed by atoms with van der Waals surface area (Å²) in [6, 6.07) is 2.52. The first kappa shape index (κ1) is 16.8. The van der Waals surface area contributed by atoms with Crippen LogP contribution < -0.4 is 10.6 Å². The number of hydrogen-bond donors (Lipinski definition) is 2. The number of urea groups is 1. The monoisotopic (exact) mass is 305 g/mol. The Morgan fingerprint density at radius 3 is 2.43 bits per heavy atom. The van der Waals surface area contributed by atoms with Gasteiger partial charge in [-0.05, 0) is 24.6 Å². The van der Waals surface area contributed by atoms with Crippen LogP contribution in [0.25, 0.3) is 0 Å². The minimum Gasteiger partial charge on any atom is -0.382 e. The van der Waals surface area contributed by atoms with E-state index in [-0.39, 0.29) is 5.69 Å². The molecule has 0 unspecified atom stereocenters. The van der Waals surface area contributed by atoms with Crippen molar-refractivity contribution >= 4 is 11.7 Å². The van der Waals surface area contributed by atoms with Gasteiger partial charge in [-0.15, -0.1) is 0 Å². The van der Waals surface area contributed by atoms with Gasteiger partial charge in [-0.1, -0.05) is 6.07 Å². The van der Waals surface area contributed by atoms with Crippen LogP contribution in [0.3, 0.4) is 0 Å². The molecule has 116 valence electrons. The third-order valence-corrected chi connectivity index (χ3v) is 2.39. The van der Waals surface area contributed by atoms with Crippen molar-refractivity contribution in [2.75, 3.05) is 19.4 Å². The number of amides is 2. The maximum atomic E-state index is 13.1. The Kier molecular flexibility index (Phi) is 5.17. The van der Waals surface area contributed by atoms with Crippen molar-refractivity contribution in [3.8, 4) is 0 Å². The molecule has 1 rings (SSSR count). The highest BCUT2D eigenvalue weighted by Gasteiger charge is 2.35. The van der Waals surface area contributed by atoms with Crippen molar-refractivity contribution in [1.82, 2.24) is 10.2 Å². The van der Waals surface area contributed by atoms with Crippen LogP contribution in [0.2, 0.25) is 0 Å². The molecule has 0 bridgehead atoms. The molecule has 1 aromatic carbocycles. The lowest BCUT2D eigenvalue weighted by Gasteiger charge is -2.17. The van der Waals surface area contributed by atoms with E-state index in [1.807, 2.05) is 0 Å². The maximum absolute atomic E-state index is 13.1. The van der Waals surface area contributed by atoms with Crippen molar-refractivity contribution < 1.29 is 22.4 Å². The fraction of sp³-hybridized carbons (Fsp3) is 0.308. The van der Waals surface area contributed by atoms with Gasteiger partial charge < -0.3 is 15.5 Å². The van der Waals surface area contributed by atoms with E-state index < -0.39 is 23.7 Å². The second-order valence-electron chi connectivity index (χ2n) is 4.54. The lowest BCUT2D eigenvalue weighted by Crippen LogP contribution is -2.35. The second kappa shape index (κ2) is 6.47. The van der Waals surface area contributed by atoms with E-state index in [1.54, 1.807) is 12.2 Å². The molecule has 21 heavy (non-hydrogen) atoms. The van der Waals surface area contributed by atoms with Gasteiger partial charge in [-0.25, -0.2) is 9.18 Å². The highest BCUT2D eigenvalue weighted by Crippen LogP contribution is 2.24. The fourth-order valence-electron chi connectivity index (χ4n) is 1.44. The lowest BCUT2D eigenvalue weighted by molar-refractivity contribution is -0.0963. The first-order chi connectivity index (χ1) is 9.59. The smallest absolute Gasteiger partial charge is 0.382 e. The van der Waals surface area contributed by atoms with Crippen molar-refractivity contribution in [1.29, 1.82) is 0 Å². The quantitative estimate of drug-likeness (QED) is 0.842. The van der Waals surface area contributed by atoms with Crippen LogP contribution in [0.5, 0.6) is 0 Å². The van der Waals surface area contributed by atoms with Crippen molar-refractivity contribution in [3.63, 3.8) is 0 Å². The Bertz CT molecular complexity index is 553. The Hall–Kier alpha value is -2.25. The molecule has 0 fully saturated rings. The molecule has 0 aliphatic rings. The van der Waals surface area contributed by atoms with Gasteiger partial charge in [0.05, 0.1) is 0 Å². The summed E-state index contributed by atoms with van der Waals surface area (Å²) < 4.78 is 51.2. The van der Waals surface area contributed by atoms with Gasteiger partial charge in [0.2, 0.25) is 0 Å². The van der Waals surface area contributed by atoms with Crippen LogP contribution >= 0.6 is 0 Å². The second-order valence-corrected chi connectivity index (χ2v) is 4.54. The van der Waals surface area contributed by atoms with Gasteiger partial charge in [-0.3, -0.25) is 0 Å². The molecule has 2 amide bonds. The summed E-state index contributed by atoms with van der Waals surface area (Å²) in [5.74, 6) is -0.601. The number of hydrogen-bond acceptors (Lipinski definition) is 2. The zero-order valence-corrected chi connectivity index (χ0v) is 11.7. The van der Waals surface area contributed by atoms with E-state index in [9.17, 15) is 22.4 Å². The number of allylic oxidation sites excluding steroid dienone is 1. The number of halogens is 4. The van der Waals surface area contributed by atoms with Crippen LogP contribution in [0.15, 0.2) is 30.1 Å². The first-order valence-electron chi connectivity index (χ1n) is 5.89. The molecule has 1 aromatic rings. The Morgan fingerprint density at radius 2 is 1.90 bits per heavy atom. The molecule has 4 nitrogen and oxygen atoms in total. The number of nitrogens with one attached hydrogen (secondary N) is 2. The minimum absolute atomic E-state index is 0.0962. The molecule has 0 aromatic heterocycles. The number of aryl methyl sites for hydroxylation is 1. The molecule has 0 saturated heterocycles. The molecule has 0 aliphatic carbocycles. The molecule has 0 saturated carbocycles. The van der Waals surface area contributed by atoms with Gasteiger partial charge in [0.15, 0.2) is 0 Å². The summed E-state index contributed by atoms with van der Waals surface area (Å²) in [6.07, 6.45) is -3.98. The fourth-order valence-corrected chi connectivity index (χ4v) is 1.44. The third kappa shape index (κ3) is 5.33. The molecule has 0 heterocycles. The van der Waals surface area contributed by atoms with E-state index in [0.29, 0.717) is 5.56 Å². The average molecular weight is 305 g/mol. The predicted molar refractivity (Wildman–Crippen MR) is 71.1 cm³/mol. The summed E-state index contributed by atoms with van der Waals surface area (Å²) in [7, 11) is 2.78. The van der Waals surface area contributed by atoms with Crippen molar-refractivity contribution in [2.24, 2.45) is 0 Å². The standard InChI is InChI=1S/C13H15F4N3O/c1-8-4-5-9(14)6-10(8)18-12(21)19-11(7-20(2)3)13(15,16)17/h4-7H,1-3H3,(H2,18,19,21). The summed E-state index contributed by atoms with van der Waals surface area (Å²) in [5.41, 5.74) is -0.602. The largest absolute Gasteiger partial charge is 0.432 e. The molecule has 0 spiro atoms. The summed E-state index contributed by atoms with van der Waals surface area (Å²) in [4.78, 5) is 12.8. The Labute approximate surface area is 119 Å². The van der Waals surface area contributed by atoms with Gasteiger partial charge >= 0.3 is 12.2 Å². The zero-order chi connectivity index (χ0) is 16.2. The van der Waals surface area contributed by atoms with E-state index in [0.717, 1.165) is 17.2 Å². The first-order valence-corrected chi connectivity index (χ1v) is 5.89. The SMILES string of the molecule is Cc1ccc(F)cc1NC(=O)NC(=CN(C)C)C(F)(F)F. The van der Waals surface area contributed by atoms with Crippen molar-refractivity contribution in [3.05, 3.63) is 41.5 Å². The van der Waals surface area contributed by atoms with Gasteiger partial charge in [0.25, 0.3) is 0 Å². The Morgan fingerprint density at radius 1 is 1.29 bits per heavy atom.